The van der Waals surface area contributed by atoms with Gasteiger partial charge in [-0.1, -0.05) is 13.0 Å². The van der Waals surface area contributed by atoms with Crippen LogP contribution in [0.25, 0.3) is 0 Å². The molecule has 0 aromatic heterocycles. The number of anilines is 1. The van der Waals surface area contributed by atoms with E-state index in [1.807, 2.05) is 13.8 Å². The van der Waals surface area contributed by atoms with Gasteiger partial charge in [-0.15, -0.1) is 0 Å². The van der Waals surface area contributed by atoms with Crippen molar-refractivity contribution in [3.63, 3.8) is 0 Å². The van der Waals surface area contributed by atoms with Crippen LogP contribution in [0.15, 0.2) is 46.9 Å². The fraction of sp³-hybridized carbons (Fsp3) is 0.250. The van der Waals surface area contributed by atoms with Crippen LogP contribution in [0.3, 0.4) is 0 Å². The predicted octanol–water partition coefficient (Wildman–Crippen LogP) is 4.11. The minimum atomic E-state index is -0.349. The maximum Gasteiger partial charge on any atom is 0.257 e. The Morgan fingerprint density at radius 1 is 1.07 bits per heavy atom. The van der Waals surface area contributed by atoms with E-state index in [1.165, 1.54) is 0 Å². The molecule has 28 heavy (non-hydrogen) atoms. The highest BCUT2D eigenvalue weighted by Crippen LogP contribution is 2.26. The number of benzene rings is 2. The Balaban J connectivity index is 1.99. The molecule has 0 heterocycles. The molecule has 0 aliphatic rings. The molecule has 2 aromatic carbocycles. The molecule has 0 aliphatic carbocycles. The molecule has 2 amide bonds. The standard InChI is InChI=1S/C20H22BrN3O3S/c1-3-10-22-18(25)13-6-5-7-15(11-13)23-20(28)24-19(26)14-8-9-17(27-4-2)16(21)12-14/h5-9,11-12H,3-4,10H2,1-2H3,(H,22,25)(H2,23,24,26,28). The molecule has 8 heteroatoms. The van der Waals surface area contributed by atoms with Crippen molar-refractivity contribution >= 4 is 50.8 Å². The van der Waals surface area contributed by atoms with E-state index >= 15 is 0 Å². The topological polar surface area (TPSA) is 79.5 Å². The van der Waals surface area contributed by atoms with Crippen LogP contribution < -0.4 is 20.7 Å². The quantitative estimate of drug-likeness (QED) is 0.538. The van der Waals surface area contributed by atoms with Gasteiger partial charge in [-0.25, -0.2) is 0 Å². The number of amides is 2. The van der Waals surface area contributed by atoms with Gasteiger partial charge in [0.1, 0.15) is 5.75 Å². The Morgan fingerprint density at radius 3 is 2.50 bits per heavy atom. The first-order chi connectivity index (χ1) is 13.4. The molecule has 0 fully saturated rings. The number of halogens is 1. The summed E-state index contributed by atoms with van der Waals surface area (Å²) in [7, 11) is 0. The lowest BCUT2D eigenvalue weighted by atomic mass is 10.2. The third-order valence-electron chi connectivity index (χ3n) is 3.64. The van der Waals surface area contributed by atoms with Crippen LogP contribution in [0.5, 0.6) is 5.75 Å². The zero-order valence-electron chi connectivity index (χ0n) is 15.7. The van der Waals surface area contributed by atoms with Crippen molar-refractivity contribution in [1.82, 2.24) is 10.6 Å². The summed E-state index contributed by atoms with van der Waals surface area (Å²) in [6.07, 6.45) is 0.863. The van der Waals surface area contributed by atoms with Crippen LogP contribution in [-0.4, -0.2) is 30.1 Å². The van der Waals surface area contributed by atoms with Crippen molar-refractivity contribution in [3.05, 3.63) is 58.1 Å². The third-order valence-corrected chi connectivity index (χ3v) is 4.46. The maximum absolute atomic E-state index is 12.4. The smallest absolute Gasteiger partial charge is 0.257 e. The molecular weight excluding hydrogens is 442 g/mol. The average molecular weight is 464 g/mol. The third kappa shape index (κ3) is 6.31. The van der Waals surface area contributed by atoms with Crippen LogP contribution in [0.1, 0.15) is 41.0 Å². The fourth-order valence-corrected chi connectivity index (χ4v) is 3.03. The SMILES string of the molecule is CCCNC(=O)c1cccc(NC(=S)NC(=O)c2ccc(OCC)c(Br)c2)c1. The minimum absolute atomic E-state index is 0.140. The molecule has 0 saturated heterocycles. The van der Waals surface area contributed by atoms with Gasteiger partial charge in [-0.3, -0.25) is 14.9 Å². The first-order valence-electron chi connectivity index (χ1n) is 8.87. The van der Waals surface area contributed by atoms with Crippen molar-refractivity contribution in [2.24, 2.45) is 0 Å². The lowest BCUT2D eigenvalue weighted by Gasteiger charge is -2.12. The lowest BCUT2D eigenvalue weighted by molar-refractivity contribution is 0.0951. The van der Waals surface area contributed by atoms with Crippen LogP contribution in [0.4, 0.5) is 5.69 Å². The first kappa shape index (κ1) is 21.8. The molecule has 0 aliphatic heterocycles. The second-order valence-electron chi connectivity index (χ2n) is 5.82. The number of hydrogen-bond acceptors (Lipinski definition) is 4. The fourth-order valence-electron chi connectivity index (χ4n) is 2.33. The summed E-state index contributed by atoms with van der Waals surface area (Å²) >= 11 is 8.60. The summed E-state index contributed by atoms with van der Waals surface area (Å²) in [6.45, 7) is 5.03. The Hall–Kier alpha value is -2.45. The summed E-state index contributed by atoms with van der Waals surface area (Å²) in [6, 6.07) is 12.0. The normalized spacial score (nSPS) is 10.1. The molecule has 2 rings (SSSR count). The van der Waals surface area contributed by atoms with E-state index in [0.717, 1.165) is 6.42 Å². The van der Waals surface area contributed by atoms with Crippen molar-refractivity contribution in [1.29, 1.82) is 0 Å². The van der Waals surface area contributed by atoms with E-state index in [2.05, 4.69) is 31.9 Å². The van der Waals surface area contributed by atoms with Crippen LogP contribution in [0, 0.1) is 0 Å². The average Bonchev–Trinajstić information content (AvgIpc) is 2.67. The number of carbonyl (C=O) groups is 2. The van der Waals surface area contributed by atoms with Gasteiger partial charge in [0.15, 0.2) is 5.11 Å². The largest absolute Gasteiger partial charge is 0.493 e. The predicted molar refractivity (Wildman–Crippen MR) is 118 cm³/mol. The summed E-state index contributed by atoms with van der Waals surface area (Å²) in [5.74, 6) is 0.163. The second-order valence-corrected chi connectivity index (χ2v) is 7.09. The summed E-state index contributed by atoms with van der Waals surface area (Å²) in [5.41, 5.74) is 1.57. The molecular formula is C20H22BrN3O3S. The first-order valence-corrected chi connectivity index (χ1v) is 10.1. The maximum atomic E-state index is 12.4. The zero-order chi connectivity index (χ0) is 20.5. The van der Waals surface area contributed by atoms with Crippen molar-refractivity contribution in [3.8, 4) is 5.75 Å². The van der Waals surface area contributed by atoms with Crippen LogP contribution in [-0.2, 0) is 0 Å². The molecule has 0 radical (unpaired) electrons. The van der Waals surface area contributed by atoms with Gasteiger partial charge >= 0.3 is 0 Å². The highest BCUT2D eigenvalue weighted by atomic mass is 79.9. The van der Waals surface area contributed by atoms with Crippen LogP contribution in [0.2, 0.25) is 0 Å². The van der Waals surface area contributed by atoms with E-state index in [4.69, 9.17) is 17.0 Å². The number of carbonyl (C=O) groups excluding carboxylic acids is 2. The number of ether oxygens (including phenoxy) is 1. The van der Waals surface area contributed by atoms with Crippen molar-refractivity contribution in [2.45, 2.75) is 20.3 Å². The van der Waals surface area contributed by atoms with Gasteiger partial charge in [0.25, 0.3) is 11.8 Å². The molecule has 6 nitrogen and oxygen atoms in total. The molecule has 0 saturated carbocycles. The van der Waals surface area contributed by atoms with Gasteiger partial charge in [0, 0.05) is 23.4 Å². The van der Waals surface area contributed by atoms with Crippen LogP contribution >= 0.6 is 28.1 Å². The van der Waals surface area contributed by atoms with Gasteiger partial charge in [-0.05, 0) is 77.9 Å². The number of thiocarbonyl (C=S) groups is 1. The Labute approximate surface area is 178 Å². The van der Waals surface area contributed by atoms with Crippen molar-refractivity contribution in [2.75, 3.05) is 18.5 Å². The Morgan fingerprint density at radius 2 is 1.82 bits per heavy atom. The lowest BCUT2D eigenvalue weighted by Crippen LogP contribution is -2.34. The van der Waals surface area contributed by atoms with Gasteiger partial charge in [0.05, 0.1) is 11.1 Å². The van der Waals surface area contributed by atoms with Gasteiger partial charge in [0.2, 0.25) is 0 Å². The Bertz CT molecular complexity index is 874. The highest BCUT2D eigenvalue weighted by Gasteiger charge is 2.12. The molecule has 0 spiro atoms. The van der Waals surface area contributed by atoms with Gasteiger partial charge in [-0.2, -0.15) is 0 Å². The molecule has 2 aromatic rings. The summed E-state index contributed by atoms with van der Waals surface area (Å²) in [5, 5.41) is 8.51. The number of nitrogens with one attached hydrogen (secondary N) is 3. The van der Waals surface area contributed by atoms with E-state index < -0.39 is 0 Å². The molecule has 0 unspecified atom stereocenters. The number of hydrogen-bond donors (Lipinski definition) is 3. The second kappa shape index (κ2) is 10.8. The van der Waals surface area contributed by atoms with E-state index in [-0.39, 0.29) is 16.9 Å². The molecule has 0 atom stereocenters. The minimum Gasteiger partial charge on any atom is -0.493 e. The van der Waals surface area contributed by atoms with E-state index in [1.54, 1.807) is 42.5 Å². The van der Waals surface area contributed by atoms with Gasteiger partial charge < -0.3 is 15.4 Å². The zero-order valence-corrected chi connectivity index (χ0v) is 18.1. The van der Waals surface area contributed by atoms with Crippen molar-refractivity contribution < 1.29 is 14.3 Å². The number of rotatable bonds is 7. The Kier molecular flexibility index (Phi) is 8.41. The highest BCUT2D eigenvalue weighted by molar-refractivity contribution is 9.10. The molecule has 0 bridgehead atoms. The summed E-state index contributed by atoms with van der Waals surface area (Å²) in [4.78, 5) is 24.4. The van der Waals surface area contributed by atoms with E-state index in [9.17, 15) is 9.59 Å². The van der Waals surface area contributed by atoms with E-state index in [0.29, 0.717) is 40.2 Å². The monoisotopic (exact) mass is 463 g/mol. The molecule has 3 N–H and O–H groups in total. The molecule has 148 valence electrons. The summed E-state index contributed by atoms with van der Waals surface area (Å²) < 4.78 is 6.12.